The minimum Gasteiger partial charge on any atom is -0.394 e. The predicted octanol–water partition coefficient (Wildman–Crippen LogP) is 0.671. The van der Waals surface area contributed by atoms with Crippen LogP contribution in [0.25, 0.3) is 0 Å². The van der Waals surface area contributed by atoms with Crippen molar-refractivity contribution in [2.45, 2.75) is 51.2 Å². The SMILES string of the molecule is C/C=C/C1[C@@H]2COC[C@@H]2[C@@]12[C@@H]([C@H](O)CO)O[C@@H]1OC(C)(C)O[C@@H]12. The number of aliphatic hydroxyl groups excluding tert-OH is 2. The van der Waals surface area contributed by atoms with Gasteiger partial charge in [0.1, 0.15) is 12.2 Å². The normalized spacial score (nSPS) is 51.9. The summed E-state index contributed by atoms with van der Waals surface area (Å²) < 4.78 is 23.9. The molecule has 6 nitrogen and oxygen atoms in total. The van der Waals surface area contributed by atoms with Crippen molar-refractivity contribution < 1.29 is 29.2 Å². The highest BCUT2D eigenvalue weighted by Gasteiger charge is 2.77. The fourth-order valence-electron chi connectivity index (χ4n) is 5.37. The van der Waals surface area contributed by atoms with E-state index in [0.717, 1.165) is 6.61 Å². The monoisotopic (exact) mass is 326 g/mol. The maximum Gasteiger partial charge on any atom is 0.188 e. The van der Waals surface area contributed by atoms with E-state index in [4.69, 9.17) is 18.9 Å². The minimum absolute atomic E-state index is 0.193. The van der Waals surface area contributed by atoms with E-state index in [-0.39, 0.29) is 24.5 Å². The van der Waals surface area contributed by atoms with Crippen molar-refractivity contribution in [1.29, 1.82) is 0 Å². The van der Waals surface area contributed by atoms with E-state index >= 15 is 0 Å². The second kappa shape index (κ2) is 5.25. The zero-order valence-corrected chi connectivity index (χ0v) is 13.8. The predicted molar refractivity (Wildman–Crippen MR) is 80.3 cm³/mol. The van der Waals surface area contributed by atoms with Crippen molar-refractivity contribution in [1.82, 2.24) is 0 Å². The molecule has 3 heterocycles. The average molecular weight is 326 g/mol. The van der Waals surface area contributed by atoms with Crippen LogP contribution in [0.4, 0.5) is 0 Å². The second-order valence-electron chi connectivity index (χ2n) is 7.59. The Morgan fingerprint density at radius 2 is 2.04 bits per heavy atom. The fourth-order valence-corrected chi connectivity index (χ4v) is 5.37. The summed E-state index contributed by atoms with van der Waals surface area (Å²) in [5.74, 6) is 0.151. The van der Waals surface area contributed by atoms with E-state index in [0.29, 0.717) is 12.5 Å². The van der Waals surface area contributed by atoms with Gasteiger partial charge >= 0.3 is 0 Å². The van der Waals surface area contributed by atoms with Crippen LogP contribution in [0.15, 0.2) is 12.2 Å². The van der Waals surface area contributed by atoms with Crippen LogP contribution >= 0.6 is 0 Å². The van der Waals surface area contributed by atoms with Gasteiger partial charge in [0, 0.05) is 5.41 Å². The molecule has 130 valence electrons. The van der Waals surface area contributed by atoms with E-state index in [1.54, 1.807) is 0 Å². The van der Waals surface area contributed by atoms with Crippen molar-refractivity contribution in [3.05, 3.63) is 12.2 Å². The Morgan fingerprint density at radius 3 is 2.74 bits per heavy atom. The molecular formula is C17H26O6. The Bertz CT molecular complexity index is 505. The zero-order chi connectivity index (χ0) is 16.4. The first-order valence-corrected chi connectivity index (χ1v) is 8.46. The summed E-state index contributed by atoms with van der Waals surface area (Å²) in [5.41, 5.74) is -0.408. The topological polar surface area (TPSA) is 77.4 Å². The Hall–Kier alpha value is -0.500. The van der Waals surface area contributed by atoms with Crippen molar-refractivity contribution in [2.75, 3.05) is 19.8 Å². The highest BCUT2D eigenvalue weighted by molar-refractivity contribution is 5.25. The minimum atomic E-state index is -0.954. The van der Waals surface area contributed by atoms with Gasteiger partial charge < -0.3 is 29.2 Å². The quantitative estimate of drug-likeness (QED) is 0.743. The number of aliphatic hydroxyl groups is 2. The molecule has 6 heteroatoms. The van der Waals surface area contributed by atoms with Gasteiger partial charge in [0.2, 0.25) is 0 Å². The summed E-state index contributed by atoms with van der Waals surface area (Å²) in [5, 5.41) is 19.9. The van der Waals surface area contributed by atoms with E-state index in [1.807, 2.05) is 26.8 Å². The second-order valence-corrected chi connectivity index (χ2v) is 7.59. The van der Waals surface area contributed by atoms with Gasteiger partial charge in [-0.25, -0.2) is 0 Å². The molecule has 0 aromatic carbocycles. The smallest absolute Gasteiger partial charge is 0.188 e. The zero-order valence-electron chi connectivity index (χ0n) is 13.8. The summed E-state index contributed by atoms with van der Waals surface area (Å²) in [6.07, 6.45) is 1.98. The molecule has 0 radical (unpaired) electrons. The number of hydrogen-bond donors (Lipinski definition) is 2. The lowest BCUT2D eigenvalue weighted by Gasteiger charge is -2.60. The van der Waals surface area contributed by atoms with Crippen molar-refractivity contribution >= 4 is 0 Å². The van der Waals surface area contributed by atoms with Gasteiger partial charge in [-0.1, -0.05) is 12.2 Å². The standard InChI is InChI=1S/C17H26O6/c1-4-5-10-9-7-20-8-11(9)17(10)13(12(19)6-18)21-15-14(17)22-16(2,3)23-15/h4-5,9-15,18-19H,6-8H2,1-3H3/b5-4+/t9-,10?,11-,12+,13+,14-,15+,17+/m0/s1. The lowest BCUT2D eigenvalue weighted by atomic mass is 9.43. The summed E-state index contributed by atoms with van der Waals surface area (Å²) in [6.45, 7) is 6.79. The Balaban J connectivity index is 1.77. The van der Waals surface area contributed by atoms with Crippen LogP contribution < -0.4 is 0 Å². The van der Waals surface area contributed by atoms with Gasteiger partial charge in [0.25, 0.3) is 0 Å². The molecule has 2 N–H and O–H groups in total. The van der Waals surface area contributed by atoms with Crippen LogP contribution in [0.3, 0.4) is 0 Å². The van der Waals surface area contributed by atoms with Gasteiger partial charge in [-0.05, 0) is 38.5 Å². The van der Waals surface area contributed by atoms with E-state index in [1.165, 1.54) is 0 Å². The molecule has 3 saturated heterocycles. The summed E-state index contributed by atoms with van der Waals surface area (Å²) in [7, 11) is 0. The van der Waals surface area contributed by atoms with Crippen LogP contribution in [0, 0.1) is 23.2 Å². The summed E-state index contributed by atoms with van der Waals surface area (Å²) >= 11 is 0. The number of hydrogen-bond acceptors (Lipinski definition) is 6. The fraction of sp³-hybridized carbons (Fsp3) is 0.882. The van der Waals surface area contributed by atoms with Crippen LogP contribution in [-0.4, -0.2) is 60.4 Å². The Kier molecular flexibility index (Phi) is 3.65. The average Bonchev–Trinajstić information content (AvgIpc) is 3.13. The van der Waals surface area contributed by atoms with Crippen molar-refractivity contribution in [3.63, 3.8) is 0 Å². The number of ether oxygens (including phenoxy) is 4. The molecule has 1 spiro atoms. The summed E-state index contributed by atoms with van der Waals surface area (Å²) in [6, 6.07) is 0. The summed E-state index contributed by atoms with van der Waals surface area (Å²) in [4.78, 5) is 0. The maximum atomic E-state index is 10.4. The largest absolute Gasteiger partial charge is 0.394 e. The Morgan fingerprint density at radius 1 is 1.26 bits per heavy atom. The maximum absolute atomic E-state index is 10.4. The molecule has 3 aliphatic heterocycles. The molecular weight excluding hydrogens is 300 g/mol. The molecule has 0 amide bonds. The Labute approximate surface area is 136 Å². The number of allylic oxidation sites excluding steroid dienone is 2. The number of fused-ring (bicyclic) bond motifs is 4. The molecule has 8 atom stereocenters. The highest BCUT2D eigenvalue weighted by atomic mass is 16.8. The van der Waals surface area contributed by atoms with Gasteiger partial charge in [0.15, 0.2) is 12.1 Å². The first-order chi connectivity index (χ1) is 11.0. The lowest BCUT2D eigenvalue weighted by molar-refractivity contribution is -0.264. The third kappa shape index (κ3) is 1.97. The van der Waals surface area contributed by atoms with E-state index in [9.17, 15) is 10.2 Å². The molecule has 0 bridgehead atoms. The van der Waals surface area contributed by atoms with Gasteiger partial charge in [-0.3, -0.25) is 0 Å². The molecule has 4 aliphatic rings. The molecule has 0 aromatic heterocycles. The van der Waals surface area contributed by atoms with Gasteiger partial charge in [0.05, 0.1) is 25.9 Å². The molecule has 23 heavy (non-hydrogen) atoms. The molecule has 4 fully saturated rings. The third-order valence-corrected chi connectivity index (χ3v) is 6.07. The molecule has 1 unspecified atom stereocenters. The molecule has 4 rings (SSSR count). The van der Waals surface area contributed by atoms with Crippen LogP contribution in [0.1, 0.15) is 20.8 Å². The highest BCUT2D eigenvalue weighted by Crippen LogP contribution is 2.69. The third-order valence-electron chi connectivity index (χ3n) is 6.07. The molecule has 1 aliphatic carbocycles. The van der Waals surface area contributed by atoms with Crippen molar-refractivity contribution in [2.24, 2.45) is 23.2 Å². The van der Waals surface area contributed by atoms with Gasteiger partial charge in [-0.15, -0.1) is 0 Å². The van der Waals surface area contributed by atoms with Crippen LogP contribution in [0.5, 0.6) is 0 Å². The van der Waals surface area contributed by atoms with Crippen LogP contribution in [0.2, 0.25) is 0 Å². The number of rotatable bonds is 3. The molecule has 0 aromatic rings. The lowest BCUT2D eigenvalue weighted by Crippen LogP contribution is -2.67. The van der Waals surface area contributed by atoms with Crippen molar-refractivity contribution in [3.8, 4) is 0 Å². The van der Waals surface area contributed by atoms with E-state index < -0.39 is 29.7 Å². The molecule has 1 saturated carbocycles. The van der Waals surface area contributed by atoms with Crippen LogP contribution in [-0.2, 0) is 18.9 Å². The van der Waals surface area contributed by atoms with E-state index in [2.05, 4.69) is 6.08 Å². The first-order valence-electron chi connectivity index (χ1n) is 8.46. The van der Waals surface area contributed by atoms with Gasteiger partial charge in [-0.2, -0.15) is 0 Å². The first kappa shape index (κ1) is 16.0.